The maximum Gasteiger partial charge on any atom is 0.308 e. The number of fused-ring (bicyclic) bond motifs is 1. The zero-order chi connectivity index (χ0) is 21.3. The van der Waals surface area contributed by atoms with Gasteiger partial charge in [0.25, 0.3) is 11.5 Å². The van der Waals surface area contributed by atoms with Gasteiger partial charge in [-0.1, -0.05) is 12.1 Å². The molecule has 0 spiro atoms. The first kappa shape index (κ1) is 19.7. The van der Waals surface area contributed by atoms with Gasteiger partial charge in [-0.25, -0.2) is 0 Å². The Hall–Kier alpha value is -3.62. The lowest BCUT2D eigenvalue weighted by Crippen LogP contribution is -2.42. The number of hydrogen-bond donors (Lipinski definition) is 4. The van der Waals surface area contributed by atoms with Crippen molar-refractivity contribution in [3.8, 4) is 0 Å². The van der Waals surface area contributed by atoms with Crippen LogP contribution in [-0.2, 0) is 17.6 Å². The molecule has 1 amide bonds. The van der Waals surface area contributed by atoms with E-state index in [4.69, 9.17) is 5.73 Å². The Morgan fingerprint density at radius 3 is 2.73 bits per heavy atom. The van der Waals surface area contributed by atoms with Gasteiger partial charge >= 0.3 is 5.97 Å². The fourth-order valence-corrected chi connectivity index (χ4v) is 3.96. The summed E-state index contributed by atoms with van der Waals surface area (Å²) in [4.78, 5) is 47.3. The van der Waals surface area contributed by atoms with Gasteiger partial charge in [-0.15, -0.1) is 0 Å². The minimum Gasteiger partial charge on any atom is -0.481 e. The molecular weight excluding hydrogens is 386 g/mol. The summed E-state index contributed by atoms with van der Waals surface area (Å²) in [7, 11) is 0. The Morgan fingerprint density at radius 1 is 1.23 bits per heavy atom. The average molecular weight is 409 g/mol. The number of carbonyl (C=O) groups is 2. The van der Waals surface area contributed by atoms with Crippen molar-refractivity contribution in [3.05, 3.63) is 57.5 Å². The molecule has 3 heterocycles. The van der Waals surface area contributed by atoms with E-state index in [1.165, 1.54) is 0 Å². The standard InChI is InChI=1S/C21H23N5O4/c22-21-24-17-16(18(27)25-21)14(10-23-17)8-5-12-3-6-13(7-4-12)19(28)26-9-1-2-15(11-26)20(29)30/h3-4,6-7,10,15H,1-2,5,8-9,11H2,(H,29,30)(H4,22,23,24,25,27). The molecule has 9 heteroatoms. The van der Waals surface area contributed by atoms with E-state index in [0.29, 0.717) is 48.8 Å². The van der Waals surface area contributed by atoms with Crippen molar-refractivity contribution in [2.24, 2.45) is 5.92 Å². The van der Waals surface area contributed by atoms with Gasteiger partial charge in [0.2, 0.25) is 5.95 Å². The molecule has 2 aromatic heterocycles. The molecule has 0 saturated carbocycles. The number of carboxylic acid groups (broad SMARTS) is 1. The lowest BCUT2D eigenvalue weighted by atomic mass is 9.97. The van der Waals surface area contributed by atoms with Crippen molar-refractivity contribution >= 4 is 28.9 Å². The van der Waals surface area contributed by atoms with E-state index in [9.17, 15) is 19.5 Å². The Balaban J connectivity index is 1.42. The maximum absolute atomic E-state index is 12.7. The zero-order valence-corrected chi connectivity index (χ0v) is 16.4. The minimum absolute atomic E-state index is 0.0736. The number of piperidine rings is 1. The summed E-state index contributed by atoms with van der Waals surface area (Å²) in [5.41, 5.74) is 8.20. The van der Waals surface area contributed by atoms with Crippen molar-refractivity contribution in [2.45, 2.75) is 25.7 Å². The van der Waals surface area contributed by atoms with Gasteiger partial charge in [-0.2, -0.15) is 4.98 Å². The number of nitrogen functional groups attached to an aromatic ring is 1. The second kappa shape index (κ2) is 8.02. The van der Waals surface area contributed by atoms with E-state index in [-0.39, 0.29) is 24.0 Å². The number of aryl methyl sites for hydroxylation is 2. The van der Waals surface area contributed by atoms with E-state index in [1.807, 2.05) is 12.1 Å². The van der Waals surface area contributed by atoms with Crippen LogP contribution in [0.3, 0.4) is 0 Å². The summed E-state index contributed by atoms with van der Waals surface area (Å²) in [5, 5.41) is 9.72. The van der Waals surface area contributed by atoms with Crippen molar-refractivity contribution in [2.75, 3.05) is 18.8 Å². The predicted octanol–water partition coefficient (Wildman–Crippen LogP) is 1.56. The van der Waals surface area contributed by atoms with Crippen molar-refractivity contribution in [3.63, 3.8) is 0 Å². The molecule has 30 heavy (non-hydrogen) atoms. The number of hydrogen-bond acceptors (Lipinski definition) is 5. The minimum atomic E-state index is -0.850. The number of carboxylic acids is 1. The Bertz CT molecular complexity index is 1150. The van der Waals surface area contributed by atoms with Crippen LogP contribution in [0, 0.1) is 5.92 Å². The van der Waals surface area contributed by atoms with Gasteiger partial charge in [-0.3, -0.25) is 19.4 Å². The number of rotatable bonds is 5. The number of anilines is 1. The van der Waals surface area contributed by atoms with Gasteiger partial charge in [0, 0.05) is 24.8 Å². The molecular formula is C21H23N5O4. The highest BCUT2D eigenvalue weighted by Gasteiger charge is 2.28. The monoisotopic (exact) mass is 409 g/mol. The number of aromatic nitrogens is 3. The normalized spacial score (nSPS) is 16.7. The van der Waals surface area contributed by atoms with Crippen LogP contribution in [0.2, 0.25) is 0 Å². The number of amides is 1. The molecule has 5 N–H and O–H groups in total. The van der Waals surface area contributed by atoms with Crippen LogP contribution in [0.15, 0.2) is 35.3 Å². The number of nitrogens with two attached hydrogens (primary N) is 1. The molecule has 156 valence electrons. The number of benzene rings is 1. The first-order valence-corrected chi connectivity index (χ1v) is 9.89. The summed E-state index contributed by atoms with van der Waals surface area (Å²) in [5.74, 6) is -1.41. The number of aromatic amines is 2. The number of likely N-dealkylation sites (tertiary alicyclic amines) is 1. The lowest BCUT2D eigenvalue weighted by molar-refractivity contribution is -0.143. The SMILES string of the molecule is Nc1nc2[nH]cc(CCc3ccc(C(=O)N4CCCC(C(=O)O)C4)cc3)c2c(=O)[nH]1. The first-order chi connectivity index (χ1) is 14.4. The first-order valence-electron chi connectivity index (χ1n) is 9.89. The van der Waals surface area contributed by atoms with Gasteiger partial charge in [0.1, 0.15) is 5.65 Å². The molecule has 4 rings (SSSR count). The number of nitrogens with zero attached hydrogens (tertiary/aromatic N) is 2. The van der Waals surface area contributed by atoms with Gasteiger partial charge < -0.3 is 20.7 Å². The summed E-state index contributed by atoms with van der Waals surface area (Å²) < 4.78 is 0. The average Bonchev–Trinajstić information content (AvgIpc) is 3.15. The van der Waals surface area contributed by atoms with E-state index < -0.39 is 11.9 Å². The molecule has 0 aliphatic carbocycles. The van der Waals surface area contributed by atoms with E-state index in [0.717, 1.165) is 11.1 Å². The fraction of sp³-hybridized carbons (Fsp3) is 0.333. The quantitative estimate of drug-likeness (QED) is 0.503. The van der Waals surface area contributed by atoms with E-state index in [1.54, 1.807) is 23.2 Å². The number of carbonyl (C=O) groups excluding carboxylic acids is 1. The molecule has 0 radical (unpaired) electrons. The molecule has 1 aliphatic heterocycles. The smallest absolute Gasteiger partial charge is 0.308 e. The van der Waals surface area contributed by atoms with Crippen LogP contribution in [0.5, 0.6) is 0 Å². The Kier molecular flexibility index (Phi) is 5.26. The predicted molar refractivity (Wildman–Crippen MR) is 111 cm³/mol. The third kappa shape index (κ3) is 3.91. The summed E-state index contributed by atoms with van der Waals surface area (Å²) in [6.45, 7) is 0.835. The summed E-state index contributed by atoms with van der Waals surface area (Å²) >= 11 is 0. The molecule has 9 nitrogen and oxygen atoms in total. The largest absolute Gasteiger partial charge is 0.481 e. The van der Waals surface area contributed by atoms with Crippen LogP contribution in [0.25, 0.3) is 11.0 Å². The van der Waals surface area contributed by atoms with Crippen LogP contribution in [0.4, 0.5) is 5.95 Å². The fourth-order valence-electron chi connectivity index (χ4n) is 3.96. The lowest BCUT2D eigenvalue weighted by Gasteiger charge is -2.30. The number of nitrogens with one attached hydrogen (secondary N) is 2. The molecule has 1 saturated heterocycles. The highest BCUT2D eigenvalue weighted by atomic mass is 16.4. The molecule has 0 bridgehead atoms. The van der Waals surface area contributed by atoms with Crippen molar-refractivity contribution < 1.29 is 14.7 Å². The van der Waals surface area contributed by atoms with Crippen LogP contribution >= 0.6 is 0 Å². The van der Waals surface area contributed by atoms with Crippen LogP contribution in [-0.4, -0.2) is 49.9 Å². The van der Waals surface area contributed by atoms with Crippen molar-refractivity contribution in [1.29, 1.82) is 0 Å². The molecule has 1 aromatic carbocycles. The third-order valence-corrected chi connectivity index (χ3v) is 5.58. The summed E-state index contributed by atoms with van der Waals surface area (Å²) in [6.07, 6.45) is 4.39. The number of H-pyrrole nitrogens is 2. The third-order valence-electron chi connectivity index (χ3n) is 5.58. The highest BCUT2D eigenvalue weighted by Crippen LogP contribution is 2.20. The van der Waals surface area contributed by atoms with Gasteiger partial charge in [-0.05, 0) is 48.9 Å². The highest BCUT2D eigenvalue weighted by molar-refractivity contribution is 5.94. The second-order valence-electron chi connectivity index (χ2n) is 7.61. The topological polar surface area (TPSA) is 145 Å². The van der Waals surface area contributed by atoms with Crippen LogP contribution in [0.1, 0.15) is 34.3 Å². The van der Waals surface area contributed by atoms with Crippen LogP contribution < -0.4 is 11.3 Å². The van der Waals surface area contributed by atoms with E-state index in [2.05, 4.69) is 15.0 Å². The molecule has 1 aliphatic rings. The van der Waals surface area contributed by atoms with Gasteiger partial charge in [0.15, 0.2) is 0 Å². The second-order valence-corrected chi connectivity index (χ2v) is 7.61. The molecule has 1 atom stereocenters. The van der Waals surface area contributed by atoms with Crippen molar-refractivity contribution in [1.82, 2.24) is 19.9 Å². The molecule has 1 unspecified atom stereocenters. The zero-order valence-electron chi connectivity index (χ0n) is 16.4. The van der Waals surface area contributed by atoms with Gasteiger partial charge in [0.05, 0.1) is 11.3 Å². The molecule has 1 fully saturated rings. The Morgan fingerprint density at radius 2 is 2.00 bits per heavy atom. The Labute approximate surface area is 171 Å². The summed E-state index contributed by atoms with van der Waals surface area (Å²) in [6, 6.07) is 7.32. The number of aliphatic carboxylic acids is 1. The van der Waals surface area contributed by atoms with E-state index >= 15 is 0 Å². The maximum atomic E-state index is 12.7. The molecule has 3 aromatic rings.